The number of hydrogen-bond acceptors (Lipinski definition) is 3. The molecule has 4 nitrogen and oxygen atoms in total. The first-order chi connectivity index (χ1) is 9.06. The van der Waals surface area contributed by atoms with E-state index in [1.165, 1.54) is 0 Å². The number of nitrogens with zero attached hydrogens (tertiary/aromatic N) is 1. The zero-order valence-electron chi connectivity index (χ0n) is 11.0. The molecule has 2 unspecified atom stereocenters. The van der Waals surface area contributed by atoms with Crippen LogP contribution in [0.25, 0.3) is 11.0 Å². The first-order valence-electron chi connectivity index (χ1n) is 6.33. The minimum absolute atomic E-state index is 0.0446. The van der Waals surface area contributed by atoms with Crippen molar-refractivity contribution in [1.82, 2.24) is 10.5 Å². The second-order valence-electron chi connectivity index (χ2n) is 4.79. The molecule has 2 rings (SSSR count). The number of fused-ring (bicyclic) bond motifs is 1. The zero-order valence-corrected chi connectivity index (χ0v) is 11.8. The molecule has 1 aromatic heterocycles. The number of amides is 1. The lowest BCUT2D eigenvalue weighted by atomic mass is 10.1. The van der Waals surface area contributed by atoms with Crippen molar-refractivity contribution in [2.45, 2.75) is 38.1 Å². The Labute approximate surface area is 117 Å². The van der Waals surface area contributed by atoms with E-state index in [9.17, 15) is 4.79 Å². The van der Waals surface area contributed by atoms with Crippen LogP contribution in [-0.4, -0.2) is 22.5 Å². The Morgan fingerprint density at radius 2 is 2.16 bits per heavy atom. The van der Waals surface area contributed by atoms with E-state index in [4.69, 9.17) is 16.1 Å². The number of benzene rings is 1. The molecule has 19 heavy (non-hydrogen) atoms. The van der Waals surface area contributed by atoms with Gasteiger partial charge in [-0.05, 0) is 32.4 Å². The monoisotopic (exact) mass is 280 g/mol. The van der Waals surface area contributed by atoms with Gasteiger partial charge in [0.2, 0.25) is 5.91 Å². The second kappa shape index (κ2) is 6.06. The number of carbonyl (C=O) groups excluding carboxylic acids is 1. The Kier molecular flexibility index (Phi) is 4.43. The average molecular weight is 281 g/mol. The quantitative estimate of drug-likeness (QED) is 0.857. The molecule has 5 heteroatoms. The SMILES string of the molecule is CC(Cl)CC(C)NC(=O)Cc1noc2ccccc12. The standard InChI is InChI=1S/C14H17ClN2O2/c1-9(15)7-10(2)16-14(18)8-12-11-5-3-4-6-13(11)19-17-12/h3-6,9-10H,7-8H2,1-2H3,(H,16,18). The van der Waals surface area contributed by atoms with E-state index in [-0.39, 0.29) is 23.7 Å². The van der Waals surface area contributed by atoms with Crippen LogP contribution in [0, 0.1) is 0 Å². The molecule has 1 heterocycles. The van der Waals surface area contributed by atoms with Crippen LogP contribution >= 0.6 is 11.6 Å². The summed E-state index contributed by atoms with van der Waals surface area (Å²) < 4.78 is 5.17. The molecule has 0 aliphatic heterocycles. The Morgan fingerprint density at radius 1 is 1.42 bits per heavy atom. The molecule has 0 fully saturated rings. The molecule has 0 saturated carbocycles. The van der Waals surface area contributed by atoms with Crippen molar-refractivity contribution in [2.24, 2.45) is 0 Å². The summed E-state index contributed by atoms with van der Waals surface area (Å²) in [7, 11) is 0. The average Bonchev–Trinajstić information content (AvgIpc) is 2.71. The Bertz CT molecular complexity index is 565. The van der Waals surface area contributed by atoms with E-state index >= 15 is 0 Å². The molecule has 1 N–H and O–H groups in total. The van der Waals surface area contributed by atoms with Crippen LogP contribution in [0.1, 0.15) is 26.0 Å². The van der Waals surface area contributed by atoms with E-state index in [2.05, 4.69) is 10.5 Å². The third-order valence-electron chi connectivity index (χ3n) is 2.87. The van der Waals surface area contributed by atoms with Gasteiger partial charge in [0.15, 0.2) is 5.58 Å². The molecule has 0 bridgehead atoms. The molecule has 102 valence electrons. The molecule has 1 aromatic carbocycles. The van der Waals surface area contributed by atoms with E-state index in [1.54, 1.807) is 0 Å². The van der Waals surface area contributed by atoms with Crippen LogP contribution in [0.2, 0.25) is 0 Å². The van der Waals surface area contributed by atoms with Gasteiger partial charge in [-0.25, -0.2) is 0 Å². The lowest BCUT2D eigenvalue weighted by Gasteiger charge is -2.14. The predicted octanol–water partition coefficient (Wildman–Crippen LogP) is 2.89. The predicted molar refractivity (Wildman–Crippen MR) is 75.2 cm³/mol. The summed E-state index contributed by atoms with van der Waals surface area (Å²) in [6, 6.07) is 7.57. The Morgan fingerprint density at radius 3 is 2.89 bits per heavy atom. The van der Waals surface area contributed by atoms with Crippen molar-refractivity contribution < 1.29 is 9.32 Å². The highest BCUT2D eigenvalue weighted by Crippen LogP contribution is 2.18. The molecule has 0 saturated heterocycles. The molecule has 0 spiro atoms. The molecule has 0 radical (unpaired) electrons. The highest BCUT2D eigenvalue weighted by molar-refractivity contribution is 6.20. The van der Waals surface area contributed by atoms with Crippen LogP contribution in [0.5, 0.6) is 0 Å². The largest absolute Gasteiger partial charge is 0.356 e. The maximum absolute atomic E-state index is 11.9. The van der Waals surface area contributed by atoms with Crippen LogP contribution in [0.4, 0.5) is 0 Å². The number of aromatic nitrogens is 1. The maximum Gasteiger partial charge on any atom is 0.226 e. The number of rotatable bonds is 5. The maximum atomic E-state index is 11.9. The summed E-state index contributed by atoms with van der Waals surface area (Å²) in [4.78, 5) is 11.9. The van der Waals surface area contributed by atoms with Gasteiger partial charge in [-0.3, -0.25) is 4.79 Å². The van der Waals surface area contributed by atoms with Gasteiger partial charge in [0.05, 0.1) is 6.42 Å². The van der Waals surface area contributed by atoms with Gasteiger partial charge in [-0.15, -0.1) is 11.6 Å². The summed E-state index contributed by atoms with van der Waals surface area (Å²) >= 11 is 5.90. The fourth-order valence-electron chi connectivity index (χ4n) is 2.09. The number of alkyl halides is 1. The summed E-state index contributed by atoms with van der Waals surface area (Å²) in [5.74, 6) is -0.0659. The van der Waals surface area contributed by atoms with Crippen molar-refractivity contribution >= 4 is 28.5 Å². The number of hydrogen-bond donors (Lipinski definition) is 1. The fourth-order valence-corrected chi connectivity index (χ4v) is 2.36. The summed E-state index contributed by atoms with van der Waals surface area (Å²) in [5.41, 5.74) is 1.37. The Balaban J connectivity index is 1.99. The molecule has 0 aliphatic rings. The molecule has 1 amide bonds. The van der Waals surface area contributed by atoms with Gasteiger partial charge < -0.3 is 9.84 Å². The zero-order chi connectivity index (χ0) is 13.8. The molecule has 2 atom stereocenters. The third kappa shape index (κ3) is 3.70. The van der Waals surface area contributed by atoms with Crippen LogP contribution < -0.4 is 5.32 Å². The summed E-state index contributed by atoms with van der Waals surface area (Å²) in [5, 5.41) is 7.78. The van der Waals surface area contributed by atoms with E-state index in [0.29, 0.717) is 11.3 Å². The van der Waals surface area contributed by atoms with E-state index < -0.39 is 0 Å². The first kappa shape index (κ1) is 13.9. The number of halogens is 1. The second-order valence-corrected chi connectivity index (χ2v) is 5.53. The topological polar surface area (TPSA) is 55.1 Å². The van der Waals surface area contributed by atoms with Crippen molar-refractivity contribution in [3.63, 3.8) is 0 Å². The Hall–Kier alpha value is -1.55. The smallest absolute Gasteiger partial charge is 0.226 e. The lowest BCUT2D eigenvalue weighted by molar-refractivity contribution is -0.121. The third-order valence-corrected chi connectivity index (χ3v) is 3.04. The molecular weight excluding hydrogens is 264 g/mol. The van der Waals surface area contributed by atoms with Gasteiger partial charge in [0.1, 0.15) is 5.69 Å². The summed E-state index contributed by atoms with van der Waals surface area (Å²) in [6.45, 7) is 3.85. The number of para-hydroxylation sites is 1. The minimum Gasteiger partial charge on any atom is -0.356 e. The molecule has 0 aliphatic carbocycles. The van der Waals surface area contributed by atoms with Crippen LogP contribution in [0.3, 0.4) is 0 Å². The van der Waals surface area contributed by atoms with E-state index in [0.717, 1.165) is 11.8 Å². The van der Waals surface area contributed by atoms with Crippen molar-refractivity contribution in [1.29, 1.82) is 0 Å². The number of nitrogens with one attached hydrogen (secondary N) is 1. The van der Waals surface area contributed by atoms with Crippen molar-refractivity contribution in [3.05, 3.63) is 30.0 Å². The first-order valence-corrected chi connectivity index (χ1v) is 6.76. The number of carbonyl (C=O) groups is 1. The van der Waals surface area contributed by atoms with Gasteiger partial charge >= 0.3 is 0 Å². The minimum atomic E-state index is -0.0659. The van der Waals surface area contributed by atoms with Crippen LogP contribution in [0.15, 0.2) is 28.8 Å². The molecular formula is C14H17ClN2O2. The van der Waals surface area contributed by atoms with Crippen LogP contribution in [-0.2, 0) is 11.2 Å². The van der Waals surface area contributed by atoms with Crippen molar-refractivity contribution in [3.8, 4) is 0 Å². The lowest BCUT2D eigenvalue weighted by Crippen LogP contribution is -2.35. The van der Waals surface area contributed by atoms with Gasteiger partial charge in [0.25, 0.3) is 0 Å². The van der Waals surface area contributed by atoms with Gasteiger partial charge in [-0.1, -0.05) is 17.3 Å². The normalized spacial score (nSPS) is 14.3. The van der Waals surface area contributed by atoms with Gasteiger partial charge in [-0.2, -0.15) is 0 Å². The van der Waals surface area contributed by atoms with Crippen molar-refractivity contribution in [2.75, 3.05) is 0 Å². The van der Waals surface area contributed by atoms with E-state index in [1.807, 2.05) is 38.1 Å². The highest BCUT2D eigenvalue weighted by Gasteiger charge is 2.14. The summed E-state index contributed by atoms with van der Waals surface area (Å²) in [6.07, 6.45) is 0.963. The highest BCUT2D eigenvalue weighted by atomic mass is 35.5. The fraction of sp³-hybridized carbons (Fsp3) is 0.429. The molecule has 2 aromatic rings. The van der Waals surface area contributed by atoms with Gasteiger partial charge in [0, 0.05) is 16.8 Å².